The van der Waals surface area contributed by atoms with Gasteiger partial charge >= 0.3 is 0 Å². The maximum Gasteiger partial charge on any atom is 0.267 e. The van der Waals surface area contributed by atoms with E-state index in [-0.39, 0.29) is 22.4 Å². The molecule has 33 heavy (non-hydrogen) atoms. The molecule has 2 aromatic carbocycles. The van der Waals surface area contributed by atoms with Crippen molar-refractivity contribution < 1.29 is 17.9 Å². The fourth-order valence-electron chi connectivity index (χ4n) is 3.39. The van der Waals surface area contributed by atoms with Gasteiger partial charge in [-0.2, -0.15) is 0 Å². The zero-order valence-corrected chi connectivity index (χ0v) is 20.2. The topological polar surface area (TPSA) is 101 Å². The van der Waals surface area contributed by atoms with Gasteiger partial charge in [0.25, 0.3) is 15.9 Å². The number of carbonyl (C=O) groups is 1. The molecule has 1 heterocycles. The average Bonchev–Trinajstić information content (AvgIpc) is 2.76. The molecule has 1 aromatic heterocycles. The first kappa shape index (κ1) is 24.2. The lowest BCUT2D eigenvalue weighted by Gasteiger charge is -2.15. The molecule has 1 amide bonds. The first-order chi connectivity index (χ1) is 15.6. The summed E-state index contributed by atoms with van der Waals surface area (Å²) < 4.78 is 34.2. The number of pyridine rings is 1. The van der Waals surface area contributed by atoms with Crippen molar-refractivity contribution in [1.82, 2.24) is 9.88 Å². The molecular weight excluding hydrogens is 440 g/mol. The highest BCUT2D eigenvalue weighted by molar-refractivity contribution is 7.92. The van der Waals surface area contributed by atoms with Crippen molar-refractivity contribution >= 4 is 27.3 Å². The van der Waals surface area contributed by atoms with E-state index in [1.54, 1.807) is 12.1 Å². The third-order valence-electron chi connectivity index (χ3n) is 4.96. The summed E-state index contributed by atoms with van der Waals surface area (Å²) in [5.74, 6) is -0.437. The molecule has 0 radical (unpaired) electrons. The largest absolute Gasteiger partial charge is 0.480 e. The standard InChI is InChI=1S/C24H28N4O4S/c1-16-8-6-9-17(2)22(16)27-33(30,31)21-13-20(14-25-24(21)32-5)26-23(29)19-11-7-10-18(12-19)15-28(3)4/h6-14,27H,15H2,1-5H3,(H,26,29). The number of nitrogens with one attached hydrogen (secondary N) is 2. The Kier molecular flexibility index (Phi) is 7.35. The molecule has 0 spiro atoms. The van der Waals surface area contributed by atoms with Gasteiger partial charge in [-0.05, 0) is 62.8 Å². The number of carbonyl (C=O) groups excluding carboxylic acids is 1. The lowest BCUT2D eigenvalue weighted by Crippen LogP contribution is -2.18. The number of anilines is 2. The maximum absolute atomic E-state index is 13.2. The quantitative estimate of drug-likeness (QED) is 0.521. The summed E-state index contributed by atoms with van der Waals surface area (Å²) in [5, 5.41) is 2.73. The van der Waals surface area contributed by atoms with Crippen molar-refractivity contribution in [2.45, 2.75) is 25.3 Å². The molecular formula is C24H28N4O4S. The summed E-state index contributed by atoms with van der Waals surface area (Å²) in [4.78, 5) is 18.7. The minimum Gasteiger partial charge on any atom is -0.480 e. The van der Waals surface area contributed by atoms with Gasteiger partial charge in [0.05, 0.1) is 24.7 Å². The molecule has 3 aromatic rings. The van der Waals surface area contributed by atoms with E-state index < -0.39 is 10.0 Å². The fraction of sp³-hybridized carbons (Fsp3) is 0.250. The van der Waals surface area contributed by atoms with Gasteiger partial charge in [-0.15, -0.1) is 0 Å². The Balaban J connectivity index is 1.90. The molecule has 0 saturated carbocycles. The number of hydrogen-bond donors (Lipinski definition) is 2. The second-order valence-corrected chi connectivity index (χ2v) is 9.65. The van der Waals surface area contributed by atoms with E-state index in [0.29, 0.717) is 17.8 Å². The number of sulfonamides is 1. The van der Waals surface area contributed by atoms with Crippen LogP contribution in [0.2, 0.25) is 0 Å². The lowest BCUT2D eigenvalue weighted by molar-refractivity contribution is 0.102. The van der Waals surface area contributed by atoms with Gasteiger partial charge in [-0.25, -0.2) is 13.4 Å². The van der Waals surface area contributed by atoms with Crippen LogP contribution in [0.15, 0.2) is 59.6 Å². The summed E-state index contributed by atoms with van der Waals surface area (Å²) in [6, 6.07) is 14.1. The van der Waals surface area contributed by atoms with Crippen LogP contribution in [0.4, 0.5) is 11.4 Å². The Morgan fingerprint density at radius 2 is 1.73 bits per heavy atom. The Labute approximate surface area is 194 Å². The number of aryl methyl sites for hydroxylation is 2. The Morgan fingerprint density at radius 1 is 1.06 bits per heavy atom. The highest BCUT2D eigenvalue weighted by Gasteiger charge is 2.23. The molecule has 8 nitrogen and oxygen atoms in total. The van der Waals surface area contributed by atoms with Crippen LogP contribution in [-0.4, -0.2) is 45.4 Å². The highest BCUT2D eigenvalue weighted by atomic mass is 32.2. The predicted octanol–water partition coefficient (Wildman–Crippen LogP) is 3.82. The number of para-hydroxylation sites is 1. The number of nitrogens with zero attached hydrogens (tertiary/aromatic N) is 2. The SMILES string of the molecule is COc1ncc(NC(=O)c2cccc(CN(C)C)c2)cc1S(=O)(=O)Nc1c(C)cccc1C. The number of amides is 1. The number of benzene rings is 2. The van der Waals surface area contributed by atoms with Crippen molar-refractivity contribution in [3.8, 4) is 5.88 Å². The van der Waals surface area contributed by atoms with E-state index in [4.69, 9.17) is 4.74 Å². The van der Waals surface area contributed by atoms with E-state index in [2.05, 4.69) is 15.0 Å². The average molecular weight is 469 g/mol. The van der Waals surface area contributed by atoms with Crippen molar-refractivity contribution in [2.75, 3.05) is 31.2 Å². The summed E-state index contributed by atoms with van der Waals surface area (Å²) in [7, 11) is 1.20. The van der Waals surface area contributed by atoms with Gasteiger partial charge in [0.2, 0.25) is 5.88 Å². The van der Waals surface area contributed by atoms with E-state index in [9.17, 15) is 13.2 Å². The monoisotopic (exact) mass is 468 g/mol. The molecule has 0 fully saturated rings. The normalized spacial score (nSPS) is 11.3. The second-order valence-electron chi connectivity index (χ2n) is 8.00. The Morgan fingerprint density at radius 3 is 2.36 bits per heavy atom. The summed E-state index contributed by atoms with van der Waals surface area (Å²) in [6.07, 6.45) is 1.36. The van der Waals surface area contributed by atoms with Crippen LogP contribution in [0, 0.1) is 13.8 Å². The van der Waals surface area contributed by atoms with Crippen molar-refractivity contribution in [3.05, 3.63) is 77.0 Å². The van der Waals surface area contributed by atoms with E-state index in [0.717, 1.165) is 16.7 Å². The molecule has 174 valence electrons. The molecule has 0 aliphatic heterocycles. The first-order valence-electron chi connectivity index (χ1n) is 10.3. The van der Waals surface area contributed by atoms with Gasteiger partial charge in [0.15, 0.2) is 4.90 Å². The zero-order valence-electron chi connectivity index (χ0n) is 19.3. The molecule has 3 rings (SSSR count). The summed E-state index contributed by atoms with van der Waals surface area (Å²) >= 11 is 0. The van der Waals surface area contributed by atoms with Crippen LogP contribution in [0.1, 0.15) is 27.0 Å². The molecule has 9 heteroatoms. The van der Waals surface area contributed by atoms with Crippen LogP contribution in [-0.2, 0) is 16.6 Å². The first-order valence-corrected chi connectivity index (χ1v) is 11.8. The van der Waals surface area contributed by atoms with Crippen molar-refractivity contribution in [2.24, 2.45) is 0 Å². The van der Waals surface area contributed by atoms with Crippen LogP contribution in [0.25, 0.3) is 0 Å². The molecule has 0 atom stereocenters. The third-order valence-corrected chi connectivity index (χ3v) is 6.31. The molecule has 0 aliphatic carbocycles. The number of hydrogen-bond acceptors (Lipinski definition) is 6. The van der Waals surface area contributed by atoms with Crippen LogP contribution < -0.4 is 14.8 Å². The van der Waals surface area contributed by atoms with E-state index in [1.165, 1.54) is 19.4 Å². The third kappa shape index (κ3) is 5.88. The van der Waals surface area contributed by atoms with E-state index >= 15 is 0 Å². The van der Waals surface area contributed by atoms with Crippen molar-refractivity contribution in [1.29, 1.82) is 0 Å². The summed E-state index contributed by atoms with van der Waals surface area (Å²) in [6.45, 7) is 4.33. The Bertz CT molecular complexity index is 1250. The molecule has 0 saturated heterocycles. The van der Waals surface area contributed by atoms with Crippen LogP contribution in [0.3, 0.4) is 0 Å². The fourth-order valence-corrected chi connectivity index (χ4v) is 4.74. The summed E-state index contributed by atoms with van der Waals surface area (Å²) in [5.41, 5.74) is 3.75. The van der Waals surface area contributed by atoms with Gasteiger partial charge in [-0.1, -0.05) is 30.3 Å². The van der Waals surface area contributed by atoms with Gasteiger partial charge in [0.1, 0.15) is 0 Å². The predicted molar refractivity (Wildman–Crippen MR) is 129 cm³/mol. The Hall–Kier alpha value is -3.43. The van der Waals surface area contributed by atoms with Gasteiger partial charge in [0, 0.05) is 12.1 Å². The van der Waals surface area contributed by atoms with Gasteiger partial charge < -0.3 is 15.0 Å². The number of ether oxygens (including phenoxy) is 1. The maximum atomic E-state index is 13.2. The minimum atomic E-state index is -4.04. The molecule has 0 bridgehead atoms. The lowest BCUT2D eigenvalue weighted by atomic mass is 10.1. The number of aromatic nitrogens is 1. The van der Waals surface area contributed by atoms with Crippen LogP contribution >= 0.6 is 0 Å². The van der Waals surface area contributed by atoms with Crippen molar-refractivity contribution in [3.63, 3.8) is 0 Å². The van der Waals surface area contributed by atoms with Crippen LogP contribution in [0.5, 0.6) is 5.88 Å². The molecule has 0 aliphatic rings. The zero-order chi connectivity index (χ0) is 24.2. The number of rotatable bonds is 8. The van der Waals surface area contributed by atoms with Gasteiger partial charge in [-0.3, -0.25) is 9.52 Å². The number of methoxy groups -OCH3 is 1. The highest BCUT2D eigenvalue weighted by Crippen LogP contribution is 2.29. The minimum absolute atomic E-state index is 0.0697. The molecule has 2 N–H and O–H groups in total. The smallest absolute Gasteiger partial charge is 0.267 e. The molecule has 0 unspecified atom stereocenters. The van der Waals surface area contributed by atoms with E-state index in [1.807, 2.05) is 63.2 Å². The second kappa shape index (κ2) is 10.0.